The SMILES string of the molecule is Cc1cc2c(cc1/C=N\NC(=O)c1ccccc1Cl)[C@H](C)CC(C)(C)N2C(C)C. The van der Waals surface area contributed by atoms with Crippen molar-refractivity contribution in [1.29, 1.82) is 0 Å². The number of rotatable bonds is 4. The van der Waals surface area contributed by atoms with E-state index in [1.807, 2.05) is 0 Å². The van der Waals surface area contributed by atoms with Gasteiger partial charge in [0.05, 0.1) is 16.8 Å². The first-order valence-corrected chi connectivity index (χ1v) is 10.5. The molecule has 2 aromatic rings. The third kappa shape index (κ3) is 4.32. The molecule has 1 heterocycles. The molecule has 0 aliphatic carbocycles. The smallest absolute Gasteiger partial charge is 0.272 e. The predicted octanol–water partition coefficient (Wildman–Crippen LogP) is 5.91. The zero-order valence-electron chi connectivity index (χ0n) is 18.1. The van der Waals surface area contributed by atoms with E-state index >= 15 is 0 Å². The highest BCUT2D eigenvalue weighted by Gasteiger charge is 2.37. The predicted molar refractivity (Wildman–Crippen MR) is 122 cm³/mol. The topological polar surface area (TPSA) is 44.7 Å². The highest BCUT2D eigenvalue weighted by Crippen LogP contribution is 2.45. The largest absolute Gasteiger partial charge is 0.364 e. The molecule has 29 heavy (non-hydrogen) atoms. The summed E-state index contributed by atoms with van der Waals surface area (Å²) >= 11 is 6.08. The number of halogens is 1. The van der Waals surface area contributed by atoms with Crippen molar-refractivity contribution >= 4 is 29.4 Å². The molecule has 0 aromatic heterocycles. The van der Waals surface area contributed by atoms with Crippen LogP contribution in [0.25, 0.3) is 0 Å². The van der Waals surface area contributed by atoms with Crippen LogP contribution in [0.5, 0.6) is 0 Å². The Kier molecular flexibility index (Phi) is 6.04. The Bertz CT molecular complexity index is 949. The Balaban J connectivity index is 1.87. The summed E-state index contributed by atoms with van der Waals surface area (Å²) in [4.78, 5) is 14.8. The molecule has 1 amide bonds. The van der Waals surface area contributed by atoms with Gasteiger partial charge in [-0.3, -0.25) is 4.79 Å². The number of hydrogen-bond donors (Lipinski definition) is 1. The summed E-state index contributed by atoms with van der Waals surface area (Å²) in [6.45, 7) is 13.5. The Morgan fingerprint density at radius 3 is 2.66 bits per heavy atom. The fourth-order valence-electron chi connectivity index (χ4n) is 4.60. The van der Waals surface area contributed by atoms with Crippen LogP contribution >= 0.6 is 11.6 Å². The lowest BCUT2D eigenvalue weighted by atomic mass is 9.78. The van der Waals surface area contributed by atoms with Crippen LogP contribution in [0, 0.1) is 6.92 Å². The van der Waals surface area contributed by atoms with Crippen molar-refractivity contribution < 1.29 is 4.79 Å². The fourth-order valence-corrected chi connectivity index (χ4v) is 4.82. The molecule has 154 valence electrons. The minimum atomic E-state index is -0.316. The standard InChI is InChI=1S/C24H30ClN3O/c1-15(2)28-22-11-16(3)18(12-20(22)17(4)13-24(28,5)6)14-26-27-23(29)19-9-7-8-10-21(19)25/h7-12,14-15,17H,13H2,1-6H3,(H,27,29)/b26-14-/t17-/m1/s1. The highest BCUT2D eigenvalue weighted by atomic mass is 35.5. The number of hydrazone groups is 1. The van der Waals surface area contributed by atoms with Crippen LogP contribution in [-0.2, 0) is 0 Å². The Labute approximate surface area is 179 Å². The first kappa shape index (κ1) is 21.4. The summed E-state index contributed by atoms with van der Waals surface area (Å²) in [6, 6.07) is 11.8. The number of carbonyl (C=O) groups excluding carboxylic acids is 1. The molecular formula is C24H30ClN3O. The molecule has 1 N–H and O–H groups in total. The average Bonchev–Trinajstić information content (AvgIpc) is 2.61. The van der Waals surface area contributed by atoms with Gasteiger partial charge < -0.3 is 4.90 Å². The van der Waals surface area contributed by atoms with Crippen molar-refractivity contribution in [3.63, 3.8) is 0 Å². The zero-order valence-corrected chi connectivity index (χ0v) is 18.8. The summed E-state index contributed by atoms with van der Waals surface area (Å²) in [7, 11) is 0. The van der Waals surface area contributed by atoms with Gasteiger partial charge in [-0.2, -0.15) is 5.10 Å². The van der Waals surface area contributed by atoms with Gasteiger partial charge in [-0.15, -0.1) is 0 Å². The van der Waals surface area contributed by atoms with Gasteiger partial charge in [0.15, 0.2) is 0 Å². The maximum absolute atomic E-state index is 12.3. The van der Waals surface area contributed by atoms with Crippen LogP contribution in [0.1, 0.15) is 74.0 Å². The van der Waals surface area contributed by atoms with E-state index in [0.29, 0.717) is 22.5 Å². The van der Waals surface area contributed by atoms with Gasteiger partial charge in [0.1, 0.15) is 0 Å². The molecule has 0 unspecified atom stereocenters. The number of carbonyl (C=O) groups is 1. The molecule has 0 spiro atoms. The highest BCUT2D eigenvalue weighted by molar-refractivity contribution is 6.33. The summed E-state index contributed by atoms with van der Waals surface area (Å²) in [5, 5.41) is 4.59. The fraction of sp³-hybridized carbons (Fsp3) is 0.417. The van der Waals surface area contributed by atoms with Crippen molar-refractivity contribution in [1.82, 2.24) is 5.43 Å². The van der Waals surface area contributed by atoms with Gasteiger partial charge in [-0.1, -0.05) is 30.7 Å². The van der Waals surface area contributed by atoms with Crippen LogP contribution < -0.4 is 10.3 Å². The summed E-state index contributed by atoms with van der Waals surface area (Å²) in [5.74, 6) is 0.143. The van der Waals surface area contributed by atoms with E-state index < -0.39 is 0 Å². The number of anilines is 1. The molecule has 0 fully saturated rings. The molecular weight excluding hydrogens is 382 g/mol. The van der Waals surface area contributed by atoms with Gasteiger partial charge >= 0.3 is 0 Å². The van der Waals surface area contributed by atoms with Gasteiger partial charge in [-0.25, -0.2) is 5.43 Å². The maximum atomic E-state index is 12.3. The quantitative estimate of drug-likeness (QED) is 0.501. The number of amides is 1. The van der Waals surface area contributed by atoms with Crippen molar-refractivity contribution in [2.24, 2.45) is 5.10 Å². The van der Waals surface area contributed by atoms with Crippen LogP contribution in [0.3, 0.4) is 0 Å². The van der Waals surface area contributed by atoms with Crippen LogP contribution in [0.2, 0.25) is 5.02 Å². The molecule has 1 atom stereocenters. The third-order valence-electron chi connectivity index (χ3n) is 5.67. The van der Waals surface area contributed by atoms with Gasteiger partial charge in [0, 0.05) is 17.3 Å². The molecule has 0 bridgehead atoms. The molecule has 1 aliphatic rings. The van der Waals surface area contributed by atoms with E-state index in [0.717, 1.165) is 17.5 Å². The minimum absolute atomic E-state index is 0.117. The summed E-state index contributed by atoms with van der Waals surface area (Å²) < 4.78 is 0. The molecule has 0 saturated heterocycles. The van der Waals surface area contributed by atoms with Crippen molar-refractivity contribution in [3.05, 3.63) is 63.7 Å². The normalized spacial score (nSPS) is 18.2. The maximum Gasteiger partial charge on any atom is 0.272 e. The molecule has 1 aliphatic heterocycles. The van der Waals surface area contributed by atoms with Crippen LogP contribution in [-0.4, -0.2) is 23.7 Å². The number of hydrogen-bond acceptors (Lipinski definition) is 3. The first-order valence-electron chi connectivity index (χ1n) is 10.1. The molecule has 3 rings (SSSR count). The van der Waals surface area contributed by atoms with E-state index in [-0.39, 0.29) is 11.4 Å². The number of nitrogens with one attached hydrogen (secondary N) is 1. The first-order chi connectivity index (χ1) is 13.6. The number of nitrogens with zero attached hydrogens (tertiary/aromatic N) is 2. The zero-order chi connectivity index (χ0) is 21.3. The monoisotopic (exact) mass is 411 g/mol. The molecule has 0 radical (unpaired) electrons. The summed E-state index contributed by atoms with van der Waals surface area (Å²) in [6.07, 6.45) is 2.82. The lowest BCUT2D eigenvalue weighted by Gasteiger charge is -2.50. The Morgan fingerprint density at radius 1 is 1.31 bits per heavy atom. The summed E-state index contributed by atoms with van der Waals surface area (Å²) in [5.41, 5.74) is 7.90. The second-order valence-electron chi connectivity index (χ2n) is 8.83. The number of fused-ring (bicyclic) bond motifs is 1. The minimum Gasteiger partial charge on any atom is -0.364 e. The molecule has 2 aromatic carbocycles. The average molecular weight is 412 g/mol. The second-order valence-corrected chi connectivity index (χ2v) is 9.24. The van der Waals surface area contributed by atoms with E-state index in [9.17, 15) is 4.79 Å². The van der Waals surface area contributed by atoms with E-state index in [1.54, 1.807) is 30.5 Å². The van der Waals surface area contributed by atoms with E-state index in [4.69, 9.17) is 11.6 Å². The van der Waals surface area contributed by atoms with E-state index in [2.05, 4.69) is 69.1 Å². The van der Waals surface area contributed by atoms with Crippen molar-refractivity contribution in [3.8, 4) is 0 Å². The second kappa shape index (κ2) is 8.19. The van der Waals surface area contributed by atoms with Crippen LogP contribution in [0.4, 0.5) is 5.69 Å². The van der Waals surface area contributed by atoms with Crippen LogP contribution in [0.15, 0.2) is 41.5 Å². The van der Waals surface area contributed by atoms with Crippen molar-refractivity contribution in [2.75, 3.05) is 4.90 Å². The third-order valence-corrected chi connectivity index (χ3v) is 6.00. The Morgan fingerprint density at radius 2 is 2.00 bits per heavy atom. The molecule has 4 nitrogen and oxygen atoms in total. The van der Waals surface area contributed by atoms with Gasteiger partial charge in [0.2, 0.25) is 0 Å². The molecule has 5 heteroatoms. The van der Waals surface area contributed by atoms with E-state index in [1.165, 1.54) is 11.3 Å². The van der Waals surface area contributed by atoms with Crippen molar-refractivity contribution in [2.45, 2.75) is 65.5 Å². The number of benzene rings is 2. The molecule has 0 saturated carbocycles. The lowest BCUT2D eigenvalue weighted by molar-refractivity contribution is 0.0955. The number of aryl methyl sites for hydroxylation is 1. The lowest BCUT2D eigenvalue weighted by Crippen LogP contribution is -2.51. The van der Waals surface area contributed by atoms with Gasteiger partial charge in [0.25, 0.3) is 5.91 Å². The Hall–Kier alpha value is -2.33. The van der Waals surface area contributed by atoms with Gasteiger partial charge in [-0.05, 0) is 87.9 Å².